The van der Waals surface area contributed by atoms with E-state index in [4.69, 9.17) is 4.74 Å². The average Bonchev–Trinajstić information content (AvgIpc) is 2.30. The third kappa shape index (κ3) is 1.30. The number of carbonyl (C=O) groups is 1. The fourth-order valence-electron chi connectivity index (χ4n) is 2.48. The number of amides is 1. The van der Waals surface area contributed by atoms with Crippen molar-refractivity contribution in [3.05, 3.63) is 0 Å². The summed E-state index contributed by atoms with van der Waals surface area (Å²) in [5, 5.41) is 0. The van der Waals surface area contributed by atoms with Crippen molar-refractivity contribution in [3.63, 3.8) is 0 Å². The number of rotatable bonds is 1. The minimum Gasteiger partial charge on any atom is -0.450 e. The molecule has 0 aromatic carbocycles. The summed E-state index contributed by atoms with van der Waals surface area (Å²) in [6, 6.07) is 0. The molecule has 2 atom stereocenters. The number of fused-ring (bicyclic) bond motifs is 1. The SMILES string of the molecule is CCOC(=O)N1CC2CCC2(C)C1. The van der Waals surface area contributed by atoms with Crippen LogP contribution in [0.15, 0.2) is 0 Å². The van der Waals surface area contributed by atoms with Crippen molar-refractivity contribution in [2.75, 3.05) is 19.7 Å². The van der Waals surface area contributed by atoms with Crippen LogP contribution in [0.5, 0.6) is 0 Å². The maximum atomic E-state index is 11.4. The van der Waals surface area contributed by atoms with Crippen LogP contribution >= 0.6 is 0 Å². The lowest BCUT2D eigenvalue weighted by Crippen LogP contribution is -2.36. The molecule has 1 saturated heterocycles. The zero-order valence-corrected chi connectivity index (χ0v) is 8.38. The van der Waals surface area contributed by atoms with Crippen LogP contribution in [0.3, 0.4) is 0 Å². The Kier molecular flexibility index (Phi) is 1.97. The molecule has 1 heterocycles. The molecule has 74 valence electrons. The monoisotopic (exact) mass is 183 g/mol. The van der Waals surface area contributed by atoms with E-state index >= 15 is 0 Å². The van der Waals surface area contributed by atoms with Crippen LogP contribution in [0, 0.1) is 11.3 Å². The molecule has 0 spiro atoms. The maximum absolute atomic E-state index is 11.4. The van der Waals surface area contributed by atoms with Gasteiger partial charge in [-0.15, -0.1) is 0 Å². The highest BCUT2D eigenvalue weighted by Gasteiger charge is 2.50. The molecule has 2 unspecified atom stereocenters. The topological polar surface area (TPSA) is 29.5 Å². The molecule has 2 aliphatic rings. The van der Waals surface area contributed by atoms with Gasteiger partial charge < -0.3 is 9.64 Å². The van der Waals surface area contributed by atoms with Gasteiger partial charge in [-0.3, -0.25) is 0 Å². The third-order valence-corrected chi connectivity index (χ3v) is 3.57. The van der Waals surface area contributed by atoms with Gasteiger partial charge in [-0.2, -0.15) is 0 Å². The second-order valence-corrected chi connectivity index (χ2v) is 4.47. The lowest BCUT2D eigenvalue weighted by atomic mass is 9.64. The van der Waals surface area contributed by atoms with Crippen LogP contribution in [0.2, 0.25) is 0 Å². The van der Waals surface area contributed by atoms with E-state index in [0.29, 0.717) is 12.0 Å². The molecule has 3 nitrogen and oxygen atoms in total. The average molecular weight is 183 g/mol. The number of nitrogens with zero attached hydrogens (tertiary/aromatic N) is 1. The molecule has 13 heavy (non-hydrogen) atoms. The van der Waals surface area contributed by atoms with Gasteiger partial charge in [-0.05, 0) is 31.1 Å². The van der Waals surface area contributed by atoms with Gasteiger partial charge in [-0.25, -0.2) is 4.79 Å². The summed E-state index contributed by atoms with van der Waals surface area (Å²) in [6.07, 6.45) is 2.43. The Hall–Kier alpha value is -0.730. The Labute approximate surface area is 79.0 Å². The van der Waals surface area contributed by atoms with Crippen LogP contribution in [0.25, 0.3) is 0 Å². The molecule has 1 saturated carbocycles. The first kappa shape index (κ1) is 8.85. The number of hydrogen-bond donors (Lipinski definition) is 0. The van der Waals surface area contributed by atoms with Crippen molar-refractivity contribution in [1.82, 2.24) is 4.90 Å². The number of hydrogen-bond acceptors (Lipinski definition) is 2. The Morgan fingerprint density at radius 1 is 1.69 bits per heavy atom. The Morgan fingerprint density at radius 3 is 2.85 bits per heavy atom. The highest BCUT2D eigenvalue weighted by molar-refractivity contribution is 5.68. The first-order valence-corrected chi connectivity index (χ1v) is 5.07. The number of ether oxygens (including phenoxy) is 1. The summed E-state index contributed by atoms with van der Waals surface area (Å²) in [5.74, 6) is 0.733. The van der Waals surface area contributed by atoms with Crippen molar-refractivity contribution in [2.24, 2.45) is 11.3 Å². The van der Waals surface area contributed by atoms with Crippen molar-refractivity contribution in [1.29, 1.82) is 0 Å². The highest BCUT2D eigenvalue weighted by atomic mass is 16.6. The van der Waals surface area contributed by atoms with Crippen LogP contribution in [-0.4, -0.2) is 30.7 Å². The minimum atomic E-state index is -0.127. The summed E-state index contributed by atoms with van der Waals surface area (Å²) in [7, 11) is 0. The van der Waals surface area contributed by atoms with Crippen LogP contribution in [-0.2, 0) is 4.74 Å². The van der Waals surface area contributed by atoms with E-state index in [1.54, 1.807) is 0 Å². The van der Waals surface area contributed by atoms with Crippen LogP contribution in [0.4, 0.5) is 4.79 Å². The quantitative estimate of drug-likeness (QED) is 0.621. The molecule has 0 bridgehead atoms. The fraction of sp³-hybridized carbons (Fsp3) is 0.900. The predicted molar refractivity (Wildman–Crippen MR) is 49.4 cm³/mol. The van der Waals surface area contributed by atoms with E-state index in [1.165, 1.54) is 12.8 Å². The molecule has 1 aliphatic carbocycles. The minimum absolute atomic E-state index is 0.127. The van der Waals surface area contributed by atoms with E-state index in [-0.39, 0.29) is 6.09 Å². The molecule has 2 rings (SSSR count). The normalized spacial score (nSPS) is 36.8. The van der Waals surface area contributed by atoms with Crippen molar-refractivity contribution in [3.8, 4) is 0 Å². The van der Waals surface area contributed by atoms with Gasteiger partial charge >= 0.3 is 6.09 Å². The molecule has 0 N–H and O–H groups in total. The summed E-state index contributed by atoms with van der Waals surface area (Å²) in [4.78, 5) is 13.3. The second kappa shape index (κ2) is 2.89. The van der Waals surface area contributed by atoms with Crippen molar-refractivity contribution < 1.29 is 9.53 Å². The first-order chi connectivity index (χ1) is 6.15. The standard InChI is InChI=1S/C10H17NO2/c1-3-13-9(12)11-6-8-4-5-10(8,2)7-11/h8H,3-7H2,1-2H3. The lowest BCUT2D eigenvalue weighted by Gasteiger charge is -2.40. The van der Waals surface area contributed by atoms with Gasteiger partial charge in [0.05, 0.1) is 6.61 Å². The molecule has 1 amide bonds. The zero-order valence-electron chi connectivity index (χ0n) is 8.38. The zero-order chi connectivity index (χ0) is 9.47. The van der Waals surface area contributed by atoms with Crippen molar-refractivity contribution >= 4 is 6.09 Å². The van der Waals surface area contributed by atoms with Crippen LogP contribution < -0.4 is 0 Å². The number of likely N-dealkylation sites (tertiary alicyclic amines) is 1. The molecule has 3 heteroatoms. The Balaban J connectivity index is 1.94. The largest absolute Gasteiger partial charge is 0.450 e. The summed E-state index contributed by atoms with van der Waals surface area (Å²) in [6.45, 7) is 6.42. The highest BCUT2D eigenvalue weighted by Crippen LogP contribution is 2.51. The van der Waals surface area contributed by atoms with Gasteiger partial charge in [0.1, 0.15) is 0 Å². The van der Waals surface area contributed by atoms with Gasteiger partial charge in [-0.1, -0.05) is 6.92 Å². The molecule has 0 aromatic heterocycles. The molecular formula is C10H17NO2. The second-order valence-electron chi connectivity index (χ2n) is 4.47. The van der Waals surface area contributed by atoms with E-state index in [9.17, 15) is 4.79 Å². The number of carbonyl (C=O) groups excluding carboxylic acids is 1. The lowest BCUT2D eigenvalue weighted by molar-refractivity contribution is 0.101. The van der Waals surface area contributed by atoms with Gasteiger partial charge in [0.2, 0.25) is 0 Å². The third-order valence-electron chi connectivity index (χ3n) is 3.57. The predicted octanol–water partition coefficient (Wildman–Crippen LogP) is 1.87. The van der Waals surface area contributed by atoms with Gasteiger partial charge in [0, 0.05) is 13.1 Å². The molecule has 1 aliphatic heterocycles. The first-order valence-electron chi connectivity index (χ1n) is 5.07. The smallest absolute Gasteiger partial charge is 0.409 e. The summed E-state index contributed by atoms with van der Waals surface area (Å²) in [5.41, 5.74) is 0.409. The van der Waals surface area contributed by atoms with Crippen molar-refractivity contribution in [2.45, 2.75) is 26.7 Å². The fourth-order valence-corrected chi connectivity index (χ4v) is 2.48. The van der Waals surface area contributed by atoms with E-state index in [2.05, 4.69) is 6.92 Å². The van der Waals surface area contributed by atoms with E-state index in [1.807, 2.05) is 11.8 Å². The molecule has 2 fully saturated rings. The Morgan fingerprint density at radius 2 is 2.46 bits per heavy atom. The maximum Gasteiger partial charge on any atom is 0.409 e. The molecule has 0 radical (unpaired) electrons. The molecular weight excluding hydrogens is 166 g/mol. The van der Waals surface area contributed by atoms with Crippen LogP contribution in [0.1, 0.15) is 26.7 Å². The molecule has 0 aromatic rings. The summed E-state index contributed by atoms with van der Waals surface area (Å²) < 4.78 is 4.98. The van der Waals surface area contributed by atoms with Gasteiger partial charge in [0.25, 0.3) is 0 Å². The van der Waals surface area contributed by atoms with E-state index in [0.717, 1.165) is 19.0 Å². The van der Waals surface area contributed by atoms with E-state index < -0.39 is 0 Å². The van der Waals surface area contributed by atoms with Gasteiger partial charge in [0.15, 0.2) is 0 Å². The summed E-state index contributed by atoms with van der Waals surface area (Å²) >= 11 is 0. The Bertz CT molecular complexity index is 229.